The molecule has 1 aliphatic carbocycles. The number of rotatable bonds is 3. The third kappa shape index (κ3) is 3.47. The molecular weight excluding hydrogens is 320 g/mol. The number of carbonyl (C=O) groups excluding carboxylic acids is 1. The minimum Gasteiger partial charge on any atom is -0.394 e. The quantitative estimate of drug-likeness (QED) is 0.893. The highest BCUT2D eigenvalue weighted by Gasteiger charge is 2.29. The van der Waals surface area contributed by atoms with E-state index in [0.717, 1.165) is 23.1 Å². The summed E-state index contributed by atoms with van der Waals surface area (Å²) < 4.78 is 0. The number of hydrogen-bond donors (Lipinski definition) is 2. The maximum absolute atomic E-state index is 12.2. The SMILES string of the molecule is C[C@@H](CO)NC(=O)c1cc2cc3c(nc2s1)CCC(C(C)(C)C)C3. The van der Waals surface area contributed by atoms with Crippen molar-refractivity contribution in [1.29, 1.82) is 0 Å². The molecule has 3 rings (SSSR count). The zero-order chi connectivity index (χ0) is 17.5. The number of amides is 1. The van der Waals surface area contributed by atoms with Gasteiger partial charge in [-0.05, 0) is 55.2 Å². The fourth-order valence-corrected chi connectivity index (χ4v) is 4.25. The maximum atomic E-state index is 12.2. The third-order valence-electron chi connectivity index (χ3n) is 4.97. The monoisotopic (exact) mass is 346 g/mol. The van der Waals surface area contributed by atoms with Crippen LogP contribution in [0.3, 0.4) is 0 Å². The fourth-order valence-electron chi connectivity index (χ4n) is 3.32. The molecule has 2 heterocycles. The van der Waals surface area contributed by atoms with Crippen molar-refractivity contribution < 1.29 is 9.90 Å². The largest absolute Gasteiger partial charge is 0.394 e. The van der Waals surface area contributed by atoms with Crippen molar-refractivity contribution in [1.82, 2.24) is 10.3 Å². The van der Waals surface area contributed by atoms with Crippen LogP contribution in [0.1, 0.15) is 55.0 Å². The number of pyridine rings is 1. The molecule has 2 aromatic heterocycles. The van der Waals surface area contributed by atoms with Gasteiger partial charge in [0.05, 0.1) is 11.5 Å². The van der Waals surface area contributed by atoms with Gasteiger partial charge in [-0.3, -0.25) is 4.79 Å². The van der Waals surface area contributed by atoms with Crippen LogP contribution in [0.25, 0.3) is 10.2 Å². The number of thiophene rings is 1. The predicted octanol–water partition coefficient (Wildman–Crippen LogP) is 3.56. The highest BCUT2D eigenvalue weighted by atomic mass is 32.1. The van der Waals surface area contributed by atoms with Crippen LogP contribution in [0.2, 0.25) is 0 Å². The Labute approximate surface area is 147 Å². The van der Waals surface area contributed by atoms with E-state index in [0.29, 0.717) is 16.2 Å². The molecule has 130 valence electrons. The molecule has 0 aliphatic heterocycles. The molecular formula is C19H26N2O2S. The lowest BCUT2D eigenvalue weighted by molar-refractivity contribution is 0.0926. The van der Waals surface area contributed by atoms with E-state index < -0.39 is 0 Å². The summed E-state index contributed by atoms with van der Waals surface area (Å²) in [5.74, 6) is 0.543. The van der Waals surface area contributed by atoms with Crippen LogP contribution in [0.5, 0.6) is 0 Å². The summed E-state index contributed by atoms with van der Waals surface area (Å²) in [6, 6.07) is 3.91. The van der Waals surface area contributed by atoms with E-state index in [-0.39, 0.29) is 18.6 Å². The minimum absolute atomic E-state index is 0.0582. The Morgan fingerprint density at radius 3 is 2.88 bits per heavy atom. The van der Waals surface area contributed by atoms with Crippen molar-refractivity contribution in [3.8, 4) is 0 Å². The molecule has 0 saturated carbocycles. The molecule has 1 aliphatic rings. The Morgan fingerprint density at radius 1 is 1.46 bits per heavy atom. The fraction of sp³-hybridized carbons (Fsp3) is 0.579. The predicted molar refractivity (Wildman–Crippen MR) is 98.6 cm³/mol. The Balaban J connectivity index is 1.88. The van der Waals surface area contributed by atoms with E-state index in [9.17, 15) is 4.79 Å². The van der Waals surface area contributed by atoms with Crippen molar-refractivity contribution in [3.63, 3.8) is 0 Å². The average molecular weight is 346 g/mol. The van der Waals surface area contributed by atoms with Gasteiger partial charge >= 0.3 is 0 Å². The number of aryl methyl sites for hydroxylation is 1. The lowest BCUT2D eigenvalue weighted by Gasteiger charge is -2.34. The minimum atomic E-state index is -0.239. The van der Waals surface area contributed by atoms with E-state index >= 15 is 0 Å². The molecule has 0 bridgehead atoms. The molecule has 0 fully saturated rings. The van der Waals surface area contributed by atoms with E-state index in [1.54, 1.807) is 6.92 Å². The van der Waals surface area contributed by atoms with Gasteiger partial charge in [0.1, 0.15) is 4.83 Å². The van der Waals surface area contributed by atoms with E-state index in [1.165, 1.54) is 29.0 Å². The molecule has 0 saturated heterocycles. The summed E-state index contributed by atoms with van der Waals surface area (Å²) in [6.07, 6.45) is 3.27. The molecule has 5 heteroatoms. The molecule has 0 spiro atoms. The number of fused-ring (bicyclic) bond motifs is 2. The van der Waals surface area contributed by atoms with Crippen LogP contribution < -0.4 is 5.32 Å². The van der Waals surface area contributed by atoms with E-state index in [2.05, 4.69) is 32.2 Å². The first kappa shape index (κ1) is 17.4. The second-order valence-electron chi connectivity index (χ2n) is 7.96. The van der Waals surface area contributed by atoms with Crippen LogP contribution in [0, 0.1) is 11.3 Å². The highest BCUT2D eigenvalue weighted by molar-refractivity contribution is 7.20. The Kier molecular flexibility index (Phi) is 4.67. The van der Waals surface area contributed by atoms with Crippen molar-refractivity contribution in [2.45, 2.75) is 53.0 Å². The Morgan fingerprint density at radius 2 is 2.21 bits per heavy atom. The number of aromatic nitrogens is 1. The molecule has 24 heavy (non-hydrogen) atoms. The van der Waals surface area contributed by atoms with Gasteiger partial charge in [0, 0.05) is 17.1 Å². The van der Waals surface area contributed by atoms with Crippen LogP contribution >= 0.6 is 11.3 Å². The summed E-state index contributed by atoms with van der Waals surface area (Å²) in [4.78, 5) is 18.7. The van der Waals surface area contributed by atoms with Crippen LogP contribution in [0.15, 0.2) is 12.1 Å². The molecule has 2 atom stereocenters. The number of aliphatic hydroxyl groups is 1. The van der Waals surface area contributed by atoms with Gasteiger partial charge < -0.3 is 10.4 Å². The number of carbonyl (C=O) groups is 1. The standard InChI is InChI=1S/C19H26N2O2S/c1-11(10-22)20-17(23)16-9-13-7-12-8-14(19(2,3)4)5-6-15(12)21-18(13)24-16/h7,9,11,14,22H,5-6,8,10H2,1-4H3,(H,20,23)/t11-,14?/m0/s1. The zero-order valence-electron chi connectivity index (χ0n) is 14.8. The molecule has 1 amide bonds. The number of aliphatic hydroxyl groups excluding tert-OH is 1. The number of nitrogens with zero attached hydrogens (tertiary/aromatic N) is 1. The molecule has 1 unspecified atom stereocenters. The second kappa shape index (κ2) is 6.45. The first-order valence-corrected chi connectivity index (χ1v) is 9.43. The number of nitrogens with one attached hydrogen (secondary N) is 1. The van der Waals surface area contributed by atoms with E-state index in [1.807, 2.05) is 6.07 Å². The summed E-state index contributed by atoms with van der Waals surface area (Å²) in [6.45, 7) is 8.66. The smallest absolute Gasteiger partial charge is 0.261 e. The van der Waals surface area contributed by atoms with Gasteiger partial charge in [-0.15, -0.1) is 11.3 Å². The lowest BCUT2D eigenvalue weighted by Crippen LogP contribution is -2.34. The van der Waals surface area contributed by atoms with Crippen molar-refractivity contribution in [2.24, 2.45) is 11.3 Å². The zero-order valence-corrected chi connectivity index (χ0v) is 15.7. The van der Waals surface area contributed by atoms with Crippen molar-refractivity contribution >= 4 is 27.5 Å². The summed E-state index contributed by atoms with van der Waals surface area (Å²) in [5, 5.41) is 12.9. The average Bonchev–Trinajstić information content (AvgIpc) is 2.93. The first-order chi connectivity index (χ1) is 11.3. The van der Waals surface area contributed by atoms with E-state index in [4.69, 9.17) is 10.1 Å². The molecule has 0 radical (unpaired) electrons. The molecule has 0 aromatic carbocycles. The third-order valence-corrected chi connectivity index (χ3v) is 6.02. The van der Waals surface area contributed by atoms with Crippen LogP contribution in [0.4, 0.5) is 0 Å². The highest BCUT2D eigenvalue weighted by Crippen LogP contribution is 2.38. The van der Waals surface area contributed by atoms with Crippen molar-refractivity contribution in [2.75, 3.05) is 6.61 Å². The lowest BCUT2D eigenvalue weighted by atomic mass is 9.71. The van der Waals surface area contributed by atoms with Crippen LogP contribution in [-0.2, 0) is 12.8 Å². The normalized spacial score (nSPS) is 19.1. The van der Waals surface area contributed by atoms with Gasteiger partial charge in [-0.2, -0.15) is 0 Å². The number of hydrogen-bond acceptors (Lipinski definition) is 4. The van der Waals surface area contributed by atoms with Gasteiger partial charge in [0.15, 0.2) is 0 Å². The van der Waals surface area contributed by atoms with Gasteiger partial charge in [-0.25, -0.2) is 4.98 Å². The van der Waals surface area contributed by atoms with Gasteiger partial charge in [-0.1, -0.05) is 20.8 Å². The Hall–Kier alpha value is -1.46. The van der Waals surface area contributed by atoms with Gasteiger partial charge in [0.25, 0.3) is 5.91 Å². The molecule has 2 aromatic rings. The van der Waals surface area contributed by atoms with Gasteiger partial charge in [0.2, 0.25) is 0 Å². The summed E-state index contributed by atoms with van der Waals surface area (Å²) in [7, 11) is 0. The molecule has 4 nitrogen and oxygen atoms in total. The summed E-state index contributed by atoms with van der Waals surface area (Å²) in [5.41, 5.74) is 2.84. The van der Waals surface area contributed by atoms with Crippen LogP contribution in [-0.4, -0.2) is 28.6 Å². The summed E-state index contributed by atoms with van der Waals surface area (Å²) >= 11 is 1.43. The first-order valence-electron chi connectivity index (χ1n) is 8.62. The molecule has 2 N–H and O–H groups in total. The second-order valence-corrected chi connectivity index (χ2v) is 8.99. The van der Waals surface area contributed by atoms with Crippen molar-refractivity contribution in [3.05, 3.63) is 28.3 Å². The maximum Gasteiger partial charge on any atom is 0.261 e. The Bertz CT molecular complexity index is 761. The topological polar surface area (TPSA) is 62.2 Å².